The summed E-state index contributed by atoms with van der Waals surface area (Å²) in [5, 5.41) is 10.2. The molecule has 1 heterocycles. The average Bonchev–Trinajstić information content (AvgIpc) is 2.75. The molecule has 17 heavy (non-hydrogen) atoms. The molecule has 0 unspecified atom stereocenters. The van der Waals surface area contributed by atoms with Gasteiger partial charge in [-0.3, -0.25) is 9.48 Å². The van der Waals surface area contributed by atoms with Crippen LogP contribution in [0.15, 0.2) is 12.3 Å². The predicted octanol–water partition coefficient (Wildman–Crippen LogP) is 0.909. The molecule has 2 N–H and O–H groups in total. The van der Waals surface area contributed by atoms with E-state index in [0.29, 0.717) is 13.1 Å². The van der Waals surface area contributed by atoms with Crippen LogP contribution in [0.5, 0.6) is 0 Å². The van der Waals surface area contributed by atoms with Crippen LogP contribution in [0.2, 0.25) is 0 Å². The molecule has 0 aliphatic rings. The van der Waals surface area contributed by atoms with Gasteiger partial charge < -0.3 is 10.6 Å². The number of amides is 1. The molecule has 0 saturated heterocycles. The quantitative estimate of drug-likeness (QED) is 0.707. The van der Waals surface area contributed by atoms with E-state index in [0.717, 1.165) is 31.6 Å². The molecule has 0 atom stereocenters. The Hall–Kier alpha value is -1.36. The lowest BCUT2D eigenvalue weighted by Gasteiger charge is -2.08. The Balaban J connectivity index is 2.25. The largest absolute Gasteiger partial charge is 0.355 e. The van der Waals surface area contributed by atoms with Crippen LogP contribution in [-0.2, 0) is 17.9 Å². The van der Waals surface area contributed by atoms with Crippen LogP contribution in [0, 0.1) is 0 Å². The van der Waals surface area contributed by atoms with Crippen LogP contribution in [0.3, 0.4) is 0 Å². The van der Waals surface area contributed by atoms with Gasteiger partial charge in [0.25, 0.3) is 0 Å². The fourth-order valence-electron chi connectivity index (χ4n) is 1.55. The number of hydrogen-bond donors (Lipinski definition) is 2. The number of hydrogen-bond acceptors (Lipinski definition) is 3. The van der Waals surface area contributed by atoms with Crippen LogP contribution in [0.1, 0.15) is 32.4 Å². The van der Waals surface area contributed by atoms with E-state index < -0.39 is 0 Å². The minimum Gasteiger partial charge on any atom is -0.355 e. The minimum absolute atomic E-state index is 0.0495. The number of carbonyl (C=O) groups is 1. The fourth-order valence-corrected chi connectivity index (χ4v) is 1.55. The Labute approximate surface area is 103 Å². The van der Waals surface area contributed by atoms with Crippen LogP contribution in [0.25, 0.3) is 0 Å². The molecule has 5 nitrogen and oxygen atoms in total. The van der Waals surface area contributed by atoms with Crippen LogP contribution in [-0.4, -0.2) is 28.8 Å². The van der Waals surface area contributed by atoms with Gasteiger partial charge in [-0.2, -0.15) is 5.10 Å². The lowest BCUT2D eigenvalue weighted by Crippen LogP contribution is -2.34. The highest BCUT2D eigenvalue weighted by atomic mass is 16.1. The van der Waals surface area contributed by atoms with Crippen LogP contribution >= 0.6 is 0 Å². The lowest BCUT2D eigenvalue weighted by atomic mass is 10.4. The maximum Gasteiger partial charge on any atom is 0.233 e. The summed E-state index contributed by atoms with van der Waals surface area (Å²) in [5.74, 6) is 0.0495. The highest BCUT2D eigenvalue weighted by Gasteiger charge is 2.03. The van der Waals surface area contributed by atoms with Gasteiger partial charge in [0.1, 0.15) is 0 Å². The topological polar surface area (TPSA) is 59.0 Å². The third-order valence-corrected chi connectivity index (χ3v) is 2.40. The third-order valence-electron chi connectivity index (χ3n) is 2.40. The van der Waals surface area contributed by atoms with E-state index in [9.17, 15) is 4.79 Å². The number of aryl methyl sites for hydroxylation is 1. The lowest BCUT2D eigenvalue weighted by molar-refractivity contribution is -0.120. The van der Waals surface area contributed by atoms with Crippen molar-refractivity contribution in [1.82, 2.24) is 20.4 Å². The van der Waals surface area contributed by atoms with Gasteiger partial charge in [0.05, 0.1) is 12.2 Å². The normalized spacial score (nSPS) is 10.5. The molecule has 0 fully saturated rings. The van der Waals surface area contributed by atoms with Gasteiger partial charge in [0.15, 0.2) is 0 Å². The first-order valence-corrected chi connectivity index (χ1v) is 6.26. The van der Waals surface area contributed by atoms with Crippen molar-refractivity contribution in [3.05, 3.63) is 18.0 Å². The minimum atomic E-state index is 0.0495. The molecular formula is C12H22N4O. The average molecular weight is 238 g/mol. The Morgan fingerprint density at radius 1 is 1.41 bits per heavy atom. The van der Waals surface area contributed by atoms with Crippen LogP contribution < -0.4 is 10.6 Å². The summed E-state index contributed by atoms with van der Waals surface area (Å²) in [4.78, 5) is 11.3. The highest BCUT2D eigenvalue weighted by molar-refractivity contribution is 5.77. The molecule has 0 spiro atoms. The van der Waals surface area contributed by atoms with Gasteiger partial charge in [-0.05, 0) is 18.9 Å². The highest BCUT2D eigenvalue weighted by Crippen LogP contribution is 1.99. The SMILES string of the molecule is CCCNC(=O)CNCc1ccnn1CCC. The maximum atomic E-state index is 11.3. The first-order valence-electron chi connectivity index (χ1n) is 6.26. The van der Waals surface area contributed by atoms with Gasteiger partial charge >= 0.3 is 0 Å². The van der Waals surface area contributed by atoms with E-state index in [2.05, 4.69) is 22.7 Å². The number of nitrogens with zero attached hydrogens (tertiary/aromatic N) is 2. The van der Waals surface area contributed by atoms with Crippen molar-refractivity contribution >= 4 is 5.91 Å². The van der Waals surface area contributed by atoms with Gasteiger partial charge in [0.2, 0.25) is 5.91 Å². The molecule has 0 radical (unpaired) electrons. The third kappa shape index (κ3) is 4.99. The second kappa shape index (κ2) is 7.84. The van der Waals surface area contributed by atoms with Gasteiger partial charge in [-0.1, -0.05) is 13.8 Å². The van der Waals surface area contributed by atoms with Crippen molar-refractivity contribution < 1.29 is 4.79 Å². The molecule has 1 aromatic rings. The standard InChI is InChI=1S/C12H22N4O/c1-3-6-14-12(17)10-13-9-11-5-7-15-16(11)8-4-2/h5,7,13H,3-4,6,8-10H2,1-2H3,(H,14,17). The summed E-state index contributed by atoms with van der Waals surface area (Å²) in [6, 6.07) is 1.98. The number of carbonyl (C=O) groups excluding carboxylic acids is 1. The zero-order valence-corrected chi connectivity index (χ0v) is 10.7. The summed E-state index contributed by atoms with van der Waals surface area (Å²) in [7, 11) is 0. The molecule has 0 aromatic carbocycles. The smallest absolute Gasteiger partial charge is 0.233 e. The molecule has 5 heteroatoms. The Morgan fingerprint density at radius 2 is 2.24 bits per heavy atom. The van der Waals surface area contributed by atoms with E-state index in [4.69, 9.17) is 0 Å². The van der Waals surface area contributed by atoms with Crippen molar-refractivity contribution in [3.63, 3.8) is 0 Å². The van der Waals surface area contributed by atoms with Crippen molar-refractivity contribution in [1.29, 1.82) is 0 Å². The van der Waals surface area contributed by atoms with Crippen molar-refractivity contribution in [2.24, 2.45) is 0 Å². The van der Waals surface area contributed by atoms with E-state index in [1.165, 1.54) is 0 Å². The van der Waals surface area contributed by atoms with E-state index >= 15 is 0 Å². The summed E-state index contributed by atoms with van der Waals surface area (Å²) in [5.41, 5.74) is 1.12. The number of rotatable bonds is 8. The predicted molar refractivity (Wildman–Crippen MR) is 67.5 cm³/mol. The first kappa shape index (κ1) is 13.7. The van der Waals surface area contributed by atoms with Gasteiger partial charge in [-0.15, -0.1) is 0 Å². The fraction of sp³-hybridized carbons (Fsp3) is 0.667. The first-order chi connectivity index (χ1) is 8.27. The van der Waals surface area contributed by atoms with Crippen molar-refractivity contribution in [2.75, 3.05) is 13.1 Å². The monoisotopic (exact) mass is 238 g/mol. The van der Waals surface area contributed by atoms with Crippen molar-refractivity contribution in [2.45, 2.75) is 39.8 Å². The summed E-state index contributed by atoms with van der Waals surface area (Å²) >= 11 is 0. The Morgan fingerprint density at radius 3 is 2.94 bits per heavy atom. The molecule has 0 saturated carbocycles. The molecule has 0 aliphatic carbocycles. The molecule has 1 aromatic heterocycles. The molecule has 1 rings (SSSR count). The van der Waals surface area contributed by atoms with Crippen molar-refractivity contribution in [3.8, 4) is 0 Å². The van der Waals surface area contributed by atoms with Gasteiger partial charge in [-0.25, -0.2) is 0 Å². The summed E-state index contributed by atoms with van der Waals surface area (Å²) < 4.78 is 1.97. The van der Waals surface area contributed by atoms with E-state index in [-0.39, 0.29) is 5.91 Å². The van der Waals surface area contributed by atoms with Crippen LogP contribution in [0.4, 0.5) is 0 Å². The summed E-state index contributed by atoms with van der Waals surface area (Å²) in [6.07, 6.45) is 3.82. The zero-order chi connectivity index (χ0) is 12.5. The van der Waals surface area contributed by atoms with Gasteiger partial charge in [0, 0.05) is 25.8 Å². The maximum absolute atomic E-state index is 11.3. The second-order valence-electron chi connectivity index (χ2n) is 4.00. The molecular weight excluding hydrogens is 216 g/mol. The van der Waals surface area contributed by atoms with E-state index in [1.54, 1.807) is 6.20 Å². The Kier molecular flexibility index (Phi) is 6.32. The molecule has 0 aliphatic heterocycles. The van der Waals surface area contributed by atoms with E-state index in [1.807, 2.05) is 17.7 Å². The molecule has 96 valence electrons. The number of nitrogens with one attached hydrogen (secondary N) is 2. The second-order valence-corrected chi connectivity index (χ2v) is 4.00. The number of aromatic nitrogens is 2. The molecule has 1 amide bonds. The molecule has 0 bridgehead atoms. The summed E-state index contributed by atoms with van der Waals surface area (Å²) in [6.45, 7) is 6.87. The Bertz CT molecular complexity index is 335. The zero-order valence-electron chi connectivity index (χ0n) is 10.7.